The molecule has 0 bridgehead atoms. The molecule has 4 heteroatoms. The van der Waals surface area contributed by atoms with Crippen molar-refractivity contribution in [2.24, 2.45) is 0 Å². The predicted molar refractivity (Wildman–Crippen MR) is 92.1 cm³/mol. The number of carbonyl (C=O) groups excluding carboxylic acids is 1. The Labute approximate surface area is 131 Å². The van der Waals surface area contributed by atoms with E-state index in [1.807, 2.05) is 18.2 Å². The van der Waals surface area contributed by atoms with Crippen molar-refractivity contribution in [2.45, 2.75) is 13.3 Å². The van der Waals surface area contributed by atoms with Crippen LogP contribution in [0.1, 0.15) is 23.7 Å². The summed E-state index contributed by atoms with van der Waals surface area (Å²) in [5, 5.41) is 2.94. The summed E-state index contributed by atoms with van der Waals surface area (Å²) in [6.07, 6.45) is 0.900. The number of anilines is 2. The van der Waals surface area contributed by atoms with E-state index in [1.54, 1.807) is 24.3 Å². The maximum Gasteiger partial charge on any atom is 0.251 e. The van der Waals surface area contributed by atoms with Gasteiger partial charge >= 0.3 is 0 Å². The smallest absolute Gasteiger partial charge is 0.251 e. The SMILES string of the molecule is CCN(CCCNC(=O)c1cccc(N)c1)c1ccccc1. The lowest BCUT2D eigenvalue weighted by Crippen LogP contribution is -2.30. The maximum absolute atomic E-state index is 12.0. The molecule has 0 saturated heterocycles. The van der Waals surface area contributed by atoms with Gasteiger partial charge in [-0.25, -0.2) is 0 Å². The topological polar surface area (TPSA) is 58.4 Å². The lowest BCUT2D eigenvalue weighted by atomic mass is 10.2. The largest absolute Gasteiger partial charge is 0.399 e. The third-order valence-electron chi connectivity index (χ3n) is 3.54. The Morgan fingerprint density at radius 3 is 2.59 bits per heavy atom. The monoisotopic (exact) mass is 297 g/mol. The summed E-state index contributed by atoms with van der Waals surface area (Å²) in [4.78, 5) is 14.3. The first kappa shape index (κ1) is 15.9. The lowest BCUT2D eigenvalue weighted by molar-refractivity contribution is 0.0953. The van der Waals surface area contributed by atoms with Crippen LogP contribution in [0, 0.1) is 0 Å². The van der Waals surface area contributed by atoms with Gasteiger partial charge in [-0.3, -0.25) is 4.79 Å². The van der Waals surface area contributed by atoms with E-state index in [0.717, 1.165) is 19.5 Å². The summed E-state index contributed by atoms with van der Waals surface area (Å²) in [5.41, 5.74) is 8.11. The first-order valence-corrected chi connectivity index (χ1v) is 7.64. The van der Waals surface area contributed by atoms with Crippen LogP contribution in [-0.4, -0.2) is 25.5 Å². The number of nitrogens with two attached hydrogens (primary N) is 1. The zero-order valence-corrected chi connectivity index (χ0v) is 13.0. The molecule has 0 fully saturated rings. The number of carbonyl (C=O) groups is 1. The molecule has 0 aliphatic carbocycles. The normalized spacial score (nSPS) is 10.2. The highest BCUT2D eigenvalue weighted by Crippen LogP contribution is 2.12. The fraction of sp³-hybridized carbons (Fsp3) is 0.278. The van der Waals surface area contributed by atoms with Crippen molar-refractivity contribution >= 4 is 17.3 Å². The van der Waals surface area contributed by atoms with E-state index in [-0.39, 0.29) is 5.91 Å². The minimum Gasteiger partial charge on any atom is -0.399 e. The van der Waals surface area contributed by atoms with Gasteiger partial charge in [-0.05, 0) is 43.7 Å². The second-order valence-corrected chi connectivity index (χ2v) is 5.15. The molecule has 116 valence electrons. The first-order chi connectivity index (χ1) is 10.7. The number of rotatable bonds is 7. The van der Waals surface area contributed by atoms with Crippen LogP contribution in [0.2, 0.25) is 0 Å². The van der Waals surface area contributed by atoms with E-state index < -0.39 is 0 Å². The van der Waals surface area contributed by atoms with Crippen molar-refractivity contribution in [3.63, 3.8) is 0 Å². The molecule has 22 heavy (non-hydrogen) atoms. The minimum absolute atomic E-state index is 0.0740. The Kier molecular flexibility index (Phi) is 5.83. The molecule has 0 aliphatic heterocycles. The van der Waals surface area contributed by atoms with Crippen LogP contribution < -0.4 is 16.0 Å². The molecule has 1 amide bonds. The van der Waals surface area contributed by atoms with E-state index in [1.165, 1.54) is 5.69 Å². The van der Waals surface area contributed by atoms with Gasteiger partial charge in [-0.1, -0.05) is 24.3 Å². The number of amides is 1. The summed E-state index contributed by atoms with van der Waals surface area (Å²) in [6, 6.07) is 17.3. The number of hydrogen-bond donors (Lipinski definition) is 2. The van der Waals surface area contributed by atoms with Crippen LogP contribution in [0.4, 0.5) is 11.4 Å². The van der Waals surface area contributed by atoms with Crippen molar-refractivity contribution < 1.29 is 4.79 Å². The highest BCUT2D eigenvalue weighted by Gasteiger charge is 2.06. The molecule has 0 heterocycles. The summed E-state index contributed by atoms with van der Waals surface area (Å²) in [6.45, 7) is 4.65. The van der Waals surface area contributed by atoms with Gasteiger partial charge in [-0.15, -0.1) is 0 Å². The van der Waals surface area contributed by atoms with Crippen molar-refractivity contribution in [1.82, 2.24) is 5.32 Å². The number of nitrogens with zero attached hydrogens (tertiary/aromatic N) is 1. The molecule has 2 aromatic carbocycles. The van der Waals surface area contributed by atoms with E-state index in [0.29, 0.717) is 17.8 Å². The van der Waals surface area contributed by atoms with Crippen LogP contribution in [0.15, 0.2) is 54.6 Å². The Bertz CT molecular complexity index is 598. The molecule has 0 spiro atoms. The molecule has 3 N–H and O–H groups in total. The Hall–Kier alpha value is -2.49. The van der Waals surface area contributed by atoms with E-state index >= 15 is 0 Å². The summed E-state index contributed by atoms with van der Waals surface area (Å²) in [7, 11) is 0. The van der Waals surface area contributed by atoms with E-state index in [2.05, 4.69) is 29.3 Å². The van der Waals surface area contributed by atoms with Gasteiger partial charge in [0.25, 0.3) is 5.91 Å². The van der Waals surface area contributed by atoms with Gasteiger partial charge < -0.3 is 16.0 Å². The second-order valence-electron chi connectivity index (χ2n) is 5.15. The zero-order valence-electron chi connectivity index (χ0n) is 13.0. The summed E-state index contributed by atoms with van der Waals surface area (Å²) < 4.78 is 0. The summed E-state index contributed by atoms with van der Waals surface area (Å²) >= 11 is 0. The lowest BCUT2D eigenvalue weighted by Gasteiger charge is -2.23. The van der Waals surface area contributed by atoms with Crippen LogP contribution in [-0.2, 0) is 0 Å². The van der Waals surface area contributed by atoms with Gasteiger partial charge in [0.05, 0.1) is 0 Å². The number of hydrogen-bond acceptors (Lipinski definition) is 3. The zero-order chi connectivity index (χ0) is 15.8. The third kappa shape index (κ3) is 4.52. The van der Waals surface area contributed by atoms with Gasteiger partial charge in [0.15, 0.2) is 0 Å². The van der Waals surface area contributed by atoms with E-state index in [9.17, 15) is 4.79 Å². The van der Waals surface area contributed by atoms with Gasteiger partial charge in [-0.2, -0.15) is 0 Å². The molecule has 0 unspecified atom stereocenters. The maximum atomic E-state index is 12.0. The average molecular weight is 297 g/mol. The Balaban J connectivity index is 1.78. The minimum atomic E-state index is -0.0740. The quantitative estimate of drug-likeness (QED) is 0.610. The van der Waals surface area contributed by atoms with Gasteiger partial charge in [0.2, 0.25) is 0 Å². The molecular formula is C18H23N3O. The Morgan fingerprint density at radius 2 is 1.91 bits per heavy atom. The molecule has 0 radical (unpaired) electrons. The van der Waals surface area contributed by atoms with E-state index in [4.69, 9.17) is 5.73 Å². The van der Waals surface area contributed by atoms with Crippen molar-refractivity contribution in [3.05, 3.63) is 60.2 Å². The van der Waals surface area contributed by atoms with Crippen molar-refractivity contribution in [3.8, 4) is 0 Å². The standard InChI is InChI=1S/C18H23N3O/c1-2-21(17-10-4-3-5-11-17)13-7-12-20-18(22)15-8-6-9-16(19)14-15/h3-6,8-11,14H,2,7,12-13,19H2,1H3,(H,20,22). The Morgan fingerprint density at radius 1 is 1.14 bits per heavy atom. The average Bonchev–Trinajstić information content (AvgIpc) is 2.55. The second kappa shape index (κ2) is 8.08. The van der Waals surface area contributed by atoms with Gasteiger partial charge in [0.1, 0.15) is 0 Å². The van der Waals surface area contributed by atoms with Gasteiger partial charge in [0, 0.05) is 36.6 Å². The number of nitrogens with one attached hydrogen (secondary N) is 1. The molecule has 0 saturated carbocycles. The van der Waals surface area contributed by atoms with Crippen LogP contribution in [0.3, 0.4) is 0 Å². The van der Waals surface area contributed by atoms with Crippen LogP contribution in [0.25, 0.3) is 0 Å². The van der Waals surface area contributed by atoms with Crippen LogP contribution in [0.5, 0.6) is 0 Å². The summed E-state index contributed by atoms with van der Waals surface area (Å²) in [5.74, 6) is -0.0740. The number of nitrogen functional groups attached to an aromatic ring is 1. The molecule has 0 atom stereocenters. The predicted octanol–water partition coefficient (Wildman–Crippen LogP) is 2.92. The molecule has 2 aromatic rings. The fourth-order valence-corrected chi connectivity index (χ4v) is 2.36. The highest BCUT2D eigenvalue weighted by atomic mass is 16.1. The molecular weight excluding hydrogens is 274 g/mol. The third-order valence-corrected chi connectivity index (χ3v) is 3.54. The van der Waals surface area contributed by atoms with Crippen LogP contribution >= 0.6 is 0 Å². The molecule has 0 aliphatic rings. The molecule has 2 rings (SSSR count). The molecule has 4 nitrogen and oxygen atoms in total. The molecule has 0 aromatic heterocycles. The first-order valence-electron chi connectivity index (χ1n) is 7.64. The number of para-hydroxylation sites is 1. The van der Waals surface area contributed by atoms with Crippen molar-refractivity contribution in [2.75, 3.05) is 30.3 Å². The van der Waals surface area contributed by atoms with Crippen molar-refractivity contribution in [1.29, 1.82) is 0 Å². The fourth-order valence-electron chi connectivity index (χ4n) is 2.36. The number of benzene rings is 2. The highest BCUT2D eigenvalue weighted by molar-refractivity contribution is 5.94.